The van der Waals surface area contributed by atoms with E-state index in [4.69, 9.17) is 0 Å². The van der Waals surface area contributed by atoms with Crippen molar-refractivity contribution in [1.29, 1.82) is 0 Å². The first-order valence-corrected chi connectivity index (χ1v) is 5.45. The highest BCUT2D eigenvalue weighted by Gasteiger charge is 2.06. The number of aromatic amines is 1. The largest absolute Gasteiger partial charge is 0.284 e. The predicted octanol–water partition coefficient (Wildman–Crippen LogP) is 0.393. The number of H-pyrrole nitrogens is 1. The van der Waals surface area contributed by atoms with Crippen molar-refractivity contribution in [3.05, 3.63) is 59.0 Å². The molecule has 18 heavy (non-hydrogen) atoms. The van der Waals surface area contributed by atoms with Crippen LogP contribution >= 0.6 is 0 Å². The van der Waals surface area contributed by atoms with Crippen LogP contribution in [0.1, 0.15) is 6.92 Å². The van der Waals surface area contributed by atoms with Gasteiger partial charge in [-0.25, -0.2) is 9.97 Å². The molecule has 0 saturated heterocycles. The molecule has 0 aliphatic rings. The molecule has 0 bridgehead atoms. The van der Waals surface area contributed by atoms with E-state index in [0.29, 0.717) is 11.5 Å². The Morgan fingerprint density at radius 1 is 1.56 bits per heavy atom. The van der Waals surface area contributed by atoms with Crippen LogP contribution in [0.25, 0.3) is 5.78 Å². The van der Waals surface area contributed by atoms with Gasteiger partial charge in [0, 0.05) is 12.3 Å². The summed E-state index contributed by atoms with van der Waals surface area (Å²) in [6, 6.07) is 1.38. The Hall–Kier alpha value is -2.37. The van der Waals surface area contributed by atoms with Gasteiger partial charge in [-0.05, 0) is 0 Å². The van der Waals surface area contributed by atoms with Crippen LogP contribution in [0.2, 0.25) is 0 Å². The molecule has 2 aromatic heterocycles. The summed E-state index contributed by atoms with van der Waals surface area (Å²) in [5, 5.41) is 2.88. The van der Waals surface area contributed by atoms with Crippen LogP contribution in [0.4, 0.5) is 0 Å². The molecule has 6 heteroatoms. The fraction of sp³-hybridized carbons (Fsp3) is 0.0833. The van der Waals surface area contributed by atoms with Gasteiger partial charge < -0.3 is 0 Å². The first-order valence-electron chi connectivity index (χ1n) is 5.45. The summed E-state index contributed by atoms with van der Waals surface area (Å²) in [5.41, 5.74) is 1.41. The highest BCUT2D eigenvalue weighted by Crippen LogP contribution is 1.91. The Bertz CT molecular complexity index is 681. The van der Waals surface area contributed by atoms with Crippen molar-refractivity contribution in [2.45, 2.75) is 6.92 Å². The highest BCUT2D eigenvalue weighted by molar-refractivity contribution is 6.59. The molecule has 0 aromatic carbocycles. The summed E-state index contributed by atoms with van der Waals surface area (Å²) in [4.78, 5) is 19.7. The standard InChI is InChI=1S/C12H12BN4O/c1-3-4-5-6-9(2)13-11-15-12-14-8-7-10(18)17(12)16-11/h3-8H,1H2,2H3,(H,14,15,16)/b5-4-,9-6+. The van der Waals surface area contributed by atoms with Crippen LogP contribution in [0.3, 0.4) is 0 Å². The molecular weight excluding hydrogens is 227 g/mol. The monoisotopic (exact) mass is 239 g/mol. The predicted molar refractivity (Wildman–Crippen MR) is 72.1 cm³/mol. The van der Waals surface area contributed by atoms with E-state index in [0.717, 1.165) is 5.47 Å². The molecule has 0 spiro atoms. The fourth-order valence-corrected chi connectivity index (χ4v) is 1.44. The maximum atomic E-state index is 11.5. The van der Waals surface area contributed by atoms with Crippen molar-refractivity contribution < 1.29 is 0 Å². The molecule has 0 aliphatic carbocycles. The smallest absolute Gasteiger partial charge is 0.273 e. The van der Waals surface area contributed by atoms with Crippen LogP contribution in [0, 0.1) is 0 Å². The molecule has 1 N–H and O–H groups in total. The van der Waals surface area contributed by atoms with Gasteiger partial charge in [0.1, 0.15) is 0 Å². The van der Waals surface area contributed by atoms with Gasteiger partial charge in [-0.3, -0.25) is 9.89 Å². The van der Waals surface area contributed by atoms with Gasteiger partial charge in [0.15, 0.2) is 0 Å². The third-order valence-corrected chi connectivity index (χ3v) is 2.25. The van der Waals surface area contributed by atoms with E-state index in [9.17, 15) is 4.79 Å². The molecule has 2 aromatic rings. The van der Waals surface area contributed by atoms with Crippen LogP contribution < -0.4 is 11.3 Å². The van der Waals surface area contributed by atoms with Crippen LogP contribution in [-0.4, -0.2) is 26.9 Å². The number of aromatic nitrogens is 4. The van der Waals surface area contributed by atoms with Gasteiger partial charge in [0.25, 0.3) is 11.3 Å². The number of hydrogen-bond donors (Lipinski definition) is 1. The van der Waals surface area contributed by atoms with Gasteiger partial charge in [0.05, 0.1) is 5.72 Å². The molecule has 0 amide bonds. The van der Waals surface area contributed by atoms with Crippen molar-refractivity contribution in [2.75, 3.05) is 0 Å². The summed E-state index contributed by atoms with van der Waals surface area (Å²) in [6.07, 6.45) is 8.78. The Morgan fingerprint density at radius 3 is 3.11 bits per heavy atom. The summed E-state index contributed by atoms with van der Waals surface area (Å²) in [7, 11) is 1.83. The number of nitrogens with one attached hydrogen (secondary N) is 1. The lowest BCUT2D eigenvalue weighted by Gasteiger charge is -1.92. The SMILES string of the molecule is C=C/C=C\C=C(/C)[B]c1nc2nccc(=O)n2[nH]1. The van der Waals surface area contributed by atoms with E-state index in [1.54, 1.807) is 6.08 Å². The topological polar surface area (TPSA) is 63.1 Å². The second-order valence-corrected chi connectivity index (χ2v) is 3.70. The minimum absolute atomic E-state index is 0.180. The van der Waals surface area contributed by atoms with E-state index in [-0.39, 0.29) is 5.56 Å². The molecule has 0 atom stereocenters. The van der Waals surface area contributed by atoms with Crippen LogP contribution in [-0.2, 0) is 0 Å². The van der Waals surface area contributed by atoms with Crippen molar-refractivity contribution >= 4 is 18.8 Å². The Kier molecular flexibility index (Phi) is 3.57. The molecule has 1 radical (unpaired) electrons. The average Bonchev–Trinajstić information content (AvgIpc) is 2.73. The molecule has 2 heterocycles. The zero-order chi connectivity index (χ0) is 13.0. The molecule has 0 saturated carbocycles. The summed E-state index contributed by atoms with van der Waals surface area (Å²) in [5.74, 6) is 0.364. The van der Waals surface area contributed by atoms with Gasteiger partial charge in [-0.15, -0.1) is 5.47 Å². The summed E-state index contributed by atoms with van der Waals surface area (Å²) >= 11 is 0. The fourth-order valence-electron chi connectivity index (χ4n) is 1.44. The normalized spacial score (nSPS) is 12.2. The third-order valence-electron chi connectivity index (χ3n) is 2.25. The van der Waals surface area contributed by atoms with E-state index >= 15 is 0 Å². The molecule has 0 unspecified atom stereocenters. The number of fused-ring (bicyclic) bond motifs is 1. The third kappa shape index (κ3) is 2.65. The molecule has 0 aliphatic heterocycles. The number of allylic oxidation sites excluding steroid dienone is 5. The summed E-state index contributed by atoms with van der Waals surface area (Å²) in [6.45, 7) is 5.53. The molecule has 89 valence electrons. The molecule has 2 rings (SSSR count). The second kappa shape index (κ2) is 5.31. The molecule has 5 nitrogen and oxygen atoms in total. The lowest BCUT2D eigenvalue weighted by Crippen LogP contribution is -2.22. The van der Waals surface area contributed by atoms with Gasteiger partial charge >= 0.3 is 0 Å². The zero-order valence-electron chi connectivity index (χ0n) is 10.00. The van der Waals surface area contributed by atoms with Gasteiger partial charge in [-0.2, -0.15) is 4.52 Å². The minimum Gasteiger partial charge on any atom is -0.284 e. The quantitative estimate of drug-likeness (QED) is 0.620. The lowest BCUT2D eigenvalue weighted by atomic mass is 9.69. The maximum absolute atomic E-state index is 11.5. The Balaban J connectivity index is 2.25. The first-order chi connectivity index (χ1) is 8.70. The number of hydrogen-bond acceptors (Lipinski definition) is 3. The lowest BCUT2D eigenvalue weighted by molar-refractivity contribution is 0.908. The van der Waals surface area contributed by atoms with Gasteiger partial charge in [-0.1, -0.05) is 37.8 Å². The van der Waals surface area contributed by atoms with Crippen molar-refractivity contribution in [2.24, 2.45) is 0 Å². The van der Waals surface area contributed by atoms with E-state index in [2.05, 4.69) is 21.6 Å². The van der Waals surface area contributed by atoms with Crippen molar-refractivity contribution in [3.63, 3.8) is 0 Å². The minimum atomic E-state index is -0.180. The van der Waals surface area contributed by atoms with E-state index in [1.807, 2.05) is 32.4 Å². The molecular formula is C12H12BN4O. The Morgan fingerprint density at radius 2 is 2.39 bits per heavy atom. The van der Waals surface area contributed by atoms with Crippen molar-refractivity contribution in [3.8, 4) is 0 Å². The number of rotatable bonds is 4. The van der Waals surface area contributed by atoms with E-state index < -0.39 is 0 Å². The summed E-state index contributed by atoms with van der Waals surface area (Å²) < 4.78 is 1.30. The average molecular weight is 239 g/mol. The van der Waals surface area contributed by atoms with Crippen LogP contribution in [0.5, 0.6) is 0 Å². The Labute approximate surface area is 105 Å². The first kappa shape index (κ1) is 12.1. The zero-order valence-corrected chi connectivity index (χ0v) is 10.00. The highest BCUT2D eigenvalue weighted by atomic mass is 16.1. The molecule has 0 fully saturated rings. The van der Waals surface area contributed by atoms with Crippen LogP contribution in [0.15, 0.2) is 53.4 Å². The van der Waals surface area contributed by atoms with Gasteiger partial charge in [0.2, 0.25) is 7.28 Å². The number of nitrogens with zero attached hydrogens (tertiary/aromatic N) is 3. The maximum Gasteiger partial charge on any atom is 0.273 e. The van der Waals surface area contributed by atoms with Crippen molar-refractivity contribution in [1.82, 2.24) is 19.6 Å². The second-order valence-electron chi connectivity index (χ2n) is 3.70. The van der Waals surface area contributed by atoms with E-state index in [1.165, 1.54) is 16.8 Å².